The zero-order chi connectivity index (χ0) is 29.2. The van der Waals surface area contributed by atoms with E-state index < -0.39 is 36.5 Å². The molecule has 1 aliphatic heterocycles. The predicted molar refractivity (Wildman–Crippen MR) is 152 cm³/mol. The maximum Gasteiger partial charge on any atom is 0.495 e. The second-order valence-corrected chi connectivity index (χ2v) is 11.2. The fourth-order valence-electron chi connectivity index (χ4n) is 4.67. The molecule has 5 nitrogen and oxygen atoms in total. The van der Waals surface area contributed by atoms with Crippen molar-refractivity contribution in [2.75, 3.05) is 19.1 Å². The van der Waals surface area contributed by atoms with E-state index in [2.05, 4.69) is 0 Å². The van der Waals surface area contributed by atoms with E-state index in [1.54, 1.807) is 20.3 Å². The highest BCUT2D eigenvalue weighted by Gasteiger charge is 2.52. The largest absolute Gasteiger partial charge is 0.497 e. The van der Waals surface area contributed by atoms with Crippen molar-refractivity contribution in [1.29, 1.82) is 0 Å². The number of rotatable bonds is 10. The zero-order valence-corrected chi connectivity index (χ0v) is 24.1. The minimum Gasteiger partial charge on any atom is -0.497 e. The lowest BCUT2D eigenvalue weighted by Crippen LogP contribution is -2.41. The maximum absolute atomic E-state index is 15.9. The van der Waals surface area contributed by atoms with Gasteiger partial charge in [-0.15, -0.1) is 0 Å². The molecule has 1 unspecified atom stereocenters. The van der Waals surface area contributed by atoms with Crippen LogP contribution in [0.1, 0.15) is 57.2 Å². The molecule has 0 bridgehead atoms. The minimum atomic E-state index is -2.68. The molecular weight excluding hydrogens is 518 g/mol. The Bertz CT molecular complexity index is 1230. The molecule has 214 valence electrons. The van der Waals surface area contributed by atoms with E-state index in [1.807, 2.05) is 81.1 Å². The van der Waals surface area contributed by atoms with Gasteiger partial charge in [0, 0.05) is 19.0 Å². The second kappa shape index (κ2) is 11.7. The second-order valence-electron chi connectivity index (χ2n) is 11.2. The van der Waals surface area contributed by atoms with E-state index in [1.165, 1.54) is 13.0 Å². The molecule has 0 spiro atoms. The summed E-state index contributed by atoms with van der Waals surface area (Å²) in [4.78, 5) is 1.88. The first-order chi connectivity index (χ1) is 18.8. The van der Waals surface area contributed by atoms with Gasteiger partial charge in [0.1, 0.15) is 17.3 Å². The van der Waals surface area contributed by atoms with Crippen LogP contribution in [-0.2, 0) is 22.4 Å². The lowest BCUT2D eigenvalue weighted by atomic mass is 9.73. The molecule has 1 heterocycles. The first-order valence-corrected chi connectivity index (χ1v) is 13.3. The minimum absolute atomic E-state index is 0.170. The van der Waals surface area contributed by atoms with Gasteiger partial charge in [-0.25, -0.2) is 13.2 Å². The van der Waals surface area contributed by atoms with E-state index in [4.69, 9.17) is 18.8 Å². The van der Waals surface area contributed by atoms with Crippen LogP contribution in [-0.4, -0.2) is 39.0 Å². The molecule has 9 heteroatoms. The highest BCUT2D eigenvalue weighted by atomic mass is 19.3. The Balaban J connectivity index is 1.81. The van der Waals surface area contributed by atoms with E-state index in [9.17, 15) is 8.78 Å². The van der Waals surface area contributed by atoms with Gasteiger partial charge >= 0.3 is 7.12 Å². The summed E-state index contributed by atoms with van der Waals surface area (Å²) in [7, 11) is 2.27. The zero-order valence-electron chi connectivity index (χ0n) is 24.1. The van der Waals surface area contributed by atoms with Crippen molar-refractivity contribution in [3.05, 3.63) is 83.2 Å². The molecule has 4 rings (SSSR count). The van der Waals surface area contributed by atoms with Crippen LogP contribution in [0.2, 0.25) is 0 Å². The number of methoxy groups -OCH3 is 2. The molecule has 0 radical (unpaired) electrons. The third kappa shape index (κ3) is 6.26. The molecule has 40 heavy (non-hydrogen) atoms. The monoisotopic (exact) mass is 555 g/mol. The van der Waals surface area contributed by atoms with Gasteiger partial charge in [0.05, 0.1) is 31.1 Å². The maximum atomic E-state index is 15.9. The highest BCUT2D eigenvalue weighted by Crippen LogP contribution is 2.38. The van der Waals surface area contributed by atoms with Crippen LogP contribution in [0.25, 0.3) is 0 Å². The molecule has 0 aliphatic carbocycles. The number of benzene rings is 3. The van der Waals surface area contributed by atoms with Crippen LogP contribution in [0.3, 0.4) is 0 Å². The topological polar surface area (TPSA) is 40.2 Å². The third-order valence-corrected chi connectivity index (χ3v) is 7.93. The van der Waals surface area contributed by atoms with Gasteiger partial charge in [-0.05, 0) is 86.2 Å². The third-order valence-electron chi connectivity index (χ3n) is 7.93. The molecule has 0 N–H and O–H groups in total. The molecule has 0 amide bonds. The summed E-state index contributed by atoms with van der Waals surface area (Å²) in [6, 6.07) is 17.9. The number of ether oxygens (including phenoxy) is 2. The Morgan fingerprint density at radius 1 is 0.800 bits per heavy atom. The average Bonchev–Trinajstić information content (AvgIpc) is 3.14. The predicted octanol–water partition coefficient (Wildman–Crippen LogP) is 6.72. The average molecular weight is 555 g/mol. The Morgan fingerprint density at radius 3 is 1.65 bits per heavy atom. The van der Waals surface area contributed by atoms with E-state index >= 15 is 4.39 Å². The van der Waals surface area contributed by atoms with Crippen molar-refractivity contribution in [2.24, 2.45) is 0 Å². The van der Waals surface area contributed by atoms with E-state index in [0.717, 1.165) is 11.1 Å². The summed E-state index contributed by atoms with van der Waals surface area (Å²) < 4.78 is 66.9. The van der Waals surface area contributed by atoms with Crippen molar-refractivity contribution in [2.45, 2.75) is 71.3 Å². The van der Waals surface area contributed by atoms with Gasteiger partial charge < -0.3 is 23.7 Å². The number of nitrogens with zero attached hydrogens (tertiary/aromatic N) is 1. The molecular formula is C31H37BF3NO4. The van der Waals surface area contributed by atoms with Crippen molar-refractivity contribution in [3.8, 4) is 11.5 Å². The van der Waals surface area contributed by atoms with Gasteiger partial charge in [0.15, 0.2) is 0 Å². The summed E-state index contributed by atoms with van der Waals surface area (Å²) in [5.74, 6) is -0.381. The van der Waals surface area contributed by atoms with Crippen molar-refractivity contribution in [3.63, 3.8) is 0 Å². The van der Waals surface area contributed by atoms with Crippen LogP contribution in [0, 0.1) is 5.82 Å². The summed E-state index contributed by atoms with van der Waals surface area (Å²) >= 11 is 0. The molecule has 0 saturated carbocycles. The van der Waals surface area contributed by atoms with Crippen LogP contribution < -0.4 is 19.8 Å². The number of hydrogen-bond acceptors (Lipinski definition) is 5. The Hall–Kier alpha value is -3.17. The fraction of sp³-hybridized carbons (Fsp3) is 0.419. The number of halogens is 3. The first-order valence-electron chi connectivity index (χ1n) is 13.3. The van der Waals surface area contributed by atoms with Crippen molar-refractivity contribution >= 4 is 18.3 Å². The summed E-state index contributed by atoms with van der Waals surface area (Å²) in [5.41, 5.74) is 1.31. The number of alkyl halides is 2. The summed E-state index contributed by atoms with van der Waals surface area (Å²) in [6.45, 7) is 9.69. The van der Waals surface area contributed by atoms with Gasteiger partial charge in [-0.1, -0.05) is 31.2 Å². The van der Waals surface area contributed by atoms with Gasteiger partial charge in [-0.3, -0.25) is 0 Å². The highest BCUT2D eigenvalue weighted by molar-refractivity contribution is 6.62. The first kappa shape index (κ1) is 29.8. The Morgan fingerprint density at radius 2 is 1.25 bits per heavy atom. The number of hydrogen-bond donors (Lipinski definition) is 0. The standard InChI is InChI=1S/C31H37BF3NO4/c1-20(29(34)35)25-16-27(33)28(17-26(25)32-39-30(2,3)31(4,5)40-32)36(18-21-8-12-23(37-6)13-9-21)19-22-10-14-24(38-7)15-11-22/h8-17,20,29H,18-19H2,1-7H3. The molecule has 1 aliphatic rings. The van der Waals surface area contributed by atoms with Crippen molar-refractivity contribution in [1.82, 2.24) is 0 Å². The SMILES string of the molecule is COc1ccc(CN(Cc2ccc(OC)cc2)c2cc(B3OC(C)(C)C(C)(C)O3)c(C(C)C(F)F)cc2F)cc1. The molecule has 3 aromatic rings. The van der Waals surface area contributed by atoms with Crippen LogP contribution in [0.4, 0.5) is 18.9 Å². The molecule has 1 atom stereocenters. The lowest BCUT2D eigenvalue weighted by Gasteiger charge is -2.32. The summed E-state index contributed by atoms with van der Waals surface area (Å²) in [5, 5.41) is 0. The van der Waals surface area contributed by atoms with Gasteiger partial charge in [0.25, 0.3) is 0 Å². The fourth-order valence-corrected chi connectivity index (χ4v) is 4.67. The van der Waals surface area contributed by atoms with Gasteiger partial charge in [0.2, 0.25) is 6.43 Å². The summed E-state index contributed by atoms with van der Waals surface area (Å²) in [6.07, 6.45) is -2.68. The van der Waals surface area contributed by atoms with Crippen LogP contribution in [0.15, 0.2) is 60.7 Å². The molecule has 1 fully saturated rings. The van der Waals surface area contributed by atoms with E-state index in [0.29, 0.717) is 30.1 Å². The van der Waals surface area contributed by atoms with Crippen LogP contribution >= 0.6 is 0 Å². The quantitative estimate of drug-likeness (QED) is 0.260. The Kier molecular flexibility index (Phi) is 8.76. The van der Waals surface area contributed by atoms with Crippen LogP contribution in [0.5, 0.6) is 11.5 Å². The van der Waals surface area contributed by atoms with Gasteiger partial charge in [-0.2, -0.15) is 0 Å². The number of anilines is 1. The Labute approximate surface area is 235 Å². The van der Waals surface area contributed by atoms with E-state index in [-0.39, 0.29) is 11.3 Å². The normalized spacial score (nSPS) is 16.7. The van der Waals surface area contributed by atoms with Crippen molar-refractivity contribution < 1.29 is 32.0 Å². The lowest BCUT2D eigenvalue weighted by molar-refractivity contribution is 0.00578. The smallest absolute Gasteiger partial charge is 0.495 e. The molecule has 1 saturated heterocycles. The molecule has 3 aromatic carbocycles. The molecule has 0 aromatic heterocycles.